The van der Waals surface area contributed by atoms with Crippen LogP contribution in [0.25, 0.3) is 0 Å². The summed E-state index contributed by atoms with van der Waals surface area (Å²) >= 11 is 0. The van der Waals surface area contributed by atoms with E-state index in [-0.39, 0.29) is 24.8 Å². The number of ether oxygens (including phenoxy) is 1. The van der Waals surface area contributed by atoms with Gasteiger partial charge in [0.1, 0.15) is 6.10 Å². The first kappa shape index (κ1) is 18.8. The van der Waals surface area contributed by atoms with Gasteiger partial charge in [-0.05, 0) is 24.3 Å². The van der Waals surface area contributed by atoms with Crippen molar-refractivity contribution in [3.05, 3.63) is 72.6 Å². The molecule has 0 saturated heterocycles. The average Bonchev–Trinajstić information content (AvgIpc) is 2.70. The Morgan fingerprint density at radius 3 is 2.52 bits per heavy atom. The largest absolute Gasteiger partial charge is 0.394 e. The van der Waals surface area contributed by atoms with E-state index in [2.05, 4.69) is 15.6 Å². The highest BCUT2D eigenvalue weighted by Crippen LogP contribution is 2.17. The van der Waals surface area contributed by atoms with Gasteiger partial charge in [-0.3, -0.25) is 14.6 Å². The van der Waals surface area contributed by atoms with Crippen LogP contribution in [0.4, 0.5) is 5.69 Å². The predicted octanol–water partition coefficient (Wildman–Crippen LogP) is 1.52. The van der Waals surface area contributed by atoms with Crippen LogP contribution in [-0.2, 0) is 9.53 Å². The number of para-hydroxylation sites is 1. The van der Waals surface area contributed by atoms with E-state index < -0.39 is 18.2 Å². The minimum atomic E-state index is -0.629. The first-order valence-corrected chi connectivity index (χ1v) is 8.66. The van der Waals surface area contributed by atoms with Crippen molar-refractivity contribution in [2.45, 2.75) is 24.7 Å². The Morgan fingerprint density at radius 2 is 1.81 bits per heavy atom. The van der Waals surface area contributed by atoms with E-state index in [0.717, 1.165) is 0 Å². The zero-order valence-electron chi connectivity index (χ0n) is 14.6. The molecule has 7 nitrogen and oxygen atoms in total. The van der Waals surface area contributed by atoms with Crippen molar-refractivity contribution in [2.24, 2.45) is 0 Å². The number of hydrogen-bond acceptors (Lipinski definition) is 5. The number of carbonyl (C=O) groups excluding carboxylic acids is 2. The van der Waals surface area contributed by atoms with Crippen LogP contribution < -0.4 is 10.6 Å². The molecule has 2 amide bonds. The topological polar surface area (TPSA) is 101 Å². The highest BCUT2D eigenvalue weighted by Gasteiger charge is 2.29. The normalized spacial score (nSPS) is 21.4. The quantitative estimate of drug-likeness (QED) is 0.672. The van der Waals surface area contributed by atoms with Gasteiger partial charge >= 0.3 is 0 Å². The number of aromatic nitrogens is 1. The third-order valence-electron chi connectivity index (χ3n) is 4.15. The minimum Gasteiger partial charge on any atom is -0.394 e. The van der Waals surface area contributed by atoms with E-state index >= 15 is 0 Å². The summed E-state index contributed by atoms with van der Waals surface area (Å²) in [5, 5.41) is 15.2. The van der Waals surface area contributed by atoms with E-state index in [4.69, 9.17) is 4.74 Å². The number of rotatable bonds is 6. The maximum atomic E-state index is 12.3. The Morgan fingerprint density at radius 1 is 1.07 bits per heavy atom. The monoisotopic (exact) mass is 367 g/mol. The molecule has 1 aliphatic heterocycles. The molecule has 7 heteroatoms. The van der Waals surface area contributed by atoms with Gasteiger partial charge in [0.05, 0.1) is 25.2 Å². The lowest BCUT2D eigenvalue weighted by Crippen LogP contribution is -2.48. The molecule has 0 spiro atoms. The lowest BCUT2D eigenvalue weighted by Gasteiger charge is -2.31. The number of aliphatic hydroxyl groups is 1. The molecular formula is C20H21N3O4. The molecule has 1 aromatic carbocycles. The van der Waals surface area contributed by atoms with E-state index in [1.54, 1.807) is 36.4 Å². The van der Waals surface area contributed by atoms with Gasteiger partial charge in [-0.2, -0.15) is 0 Å². The number of carbonyl (C=O) groups is 2. The number of benzene rings is 1. The molecule has 0 radical (unpaired) electrons. The SMILES string of the molecule is O=C(C[C@@H]1C=C[C@@H](NC(=O)c2ccncc2)[C@@H](CO)O1)Nc1ccccc1. The molecule has 3 rings (SSSR count). The van der Waals surface area contributed by atoms with Crippen molar-refractivity contribution in [3.63, 3.8) is 0 Å². The summed E-state index contributed by atoms with van der Waals surface area (Å²) in [5.74, 6) is -0.471. The van der Waals surface area contributed by atoms with Crippen molar-refractivity contribution < 1.29 is 19.4 Å². The number of nitrogens with one attached hydrogen (secondary N) is 2. The number of anilines is 1. The van der Waals surface area contributed by atoms with Crippen LogP contribution in [0.15, 0.2) is 67.0 Å². The molecule has 0 fully saturated rings. The van der Waals surface area contributed by atoms with Crippen molar-refractivity contribution in [2.75, 3.05) is 11.9 Å². The van der Waals surface area contributed by atoms with Crippen LogP contribution in [0.1, 0.15) is 16.8 Å². The van der Waals surface area contributed by atoms with Gasteiger partial charge in [0.15, 0.2) is 0 Å². The summed E-state index contributed by atoms with van der Waals surface area (Å²) in [6.45, 7) is -0.275. The van der Waals surface area contributed by atoms with Crippen LogP contribution in [0.5, 0.6) is 0 Å². The second kappa shape index (κ2) is 9.07. The number of pyridine rings is 1. The second-order valence-electron chi connectivity index (χ2n) is 6.13. The maximum Gasteiger partial charge on any atom is 0.251 e. The van der Waals surface area contributed by atoms with Crippen molar-refractivity contribution in [3.8, 4) is 0 Å². The van der Waals surface area contributed by atoms with Gasteiger partial charge in [-0.15, -0.1) is 0 Å². The molecule has 0 bridgehead atoms. The van der Waals surface area contributed by atoms with Crippen LogP contribution in [0.3, 0.4) is 0 Å². The Labute approximate surface area is 157 Å². The fourth-order valence-electron chi connectivity index (χ4n) is 2.79. The Hall–Kier alpha value is -3.03. The predicted molar refractivity (Wildman–Crippen MR) is 100 cm³/mol. The summed E-state index contributed by atoms with van der Waals surface area (Å²) in [7, 11) is 0. The lowest BCUT2D eigenvalue weighted by atomic mass is 10.0. The smallest absolute Gasteiger partial charge is 0.251 e. The van der Waals surface area contributed by atoms with Crippen LogP contribution in [0.2, 0.25) is 0 Å². The standard InChI is InChI=1S/C20H21N3O4/c24-13-18-17(23-20(26)14-8-10-21-11-9-14)7-6-16(27-18)12-19(25)22-15-4-2-1-3-5-15/h1-11,16-18,24H,12-13H2,(H,22,25)(H,23,26)/t16-,17+,18+/m0/s1. The Kier molecular flexibility index (Phi) is 6.30. The maximum absolute atomic E-state index is 12.3. The second-order valence-corrected chi connectivity index (χ2v) is 6.13. The van der Waals surface area contributed by atoms with Crippen molar-refractivity contribution >= 4 is 17.5 Å². The van der Waals surface area contributed by atoms with Gasteiger partial charge in [-0.1, -0.05) is 30.4 Å². The van der Waals surface area contributed by atoms with Crippen LogP contribution >= 0.6 is 0 Å². The van der Waals surface area contributed by atoms with Gasteiger partial charge in [0.25, 0.3) is 5.91 Å². The summed E-state index contributed by atoms with van der Waals surface area (Å²) in [4.78, 5) is 28.3. The highest BCUT2D eigenvalue weighted by molar-refractivity contribution is 5.94. The molecule has 1 aliphatic rings. The molecule has 1 aromatic heterocycles. The average molecular weight is 367 g/mol. The molecule has 3 atom stereocenters. The Bertz CT molecular complexity index is 795. The summed E-state index contributed by atoms with van der Waals surface area (Å²) in [5.41, 5.74) is 1.18. The first-order chi connectivity index (χ1) is 13.2. The lowest BCUT2D eigenvalue weighted by molar-refractivity contribution is -0.120. The zero-order valence-corrected chi connectivity index (χ0v) is 14.6. The van der Waals surface area contributed by atoms with E-state index in [9.17, 15) is 14.7 Å². The number of amides is 2. The summed E-state index contributed by atoms with van der Waals surface area (Å²) < 4.78 is 5.77. The third kappa shape index (κ3) is 5.22. The highest BCUT2D eigenvalue weighted by atomic mass is 16.5. The zero-order chi connectivity index (χ0) is 19.1. The van der Waals surface area contributed by atoms with E-state index in [1.165, 1.54) is 12.4 Å². The molecule has 2 aromatic rings. The molecule has 3 N–H and O–H groups in total. The molecule has 0 saturated carbocycles. The third-order valence-corrected chi connectivity index (χ3v) is 4.15. The molecule has 140 valence electrons. The summed E-state index contributed by atoms with van der Waals surface area (Å²) in [6.07, 6.45) is 5.57. The molecule has 0 aliphatic carbocycles. The minimum absolute atomic E-state index is 0.118. The number of hydrogen-bond donors (Lipinski definition) is 3. The fraction of sp³-hybridized carbons (Fsp3) is 0.250. The molecule has 27 heavy (non-hydrogen) atoms. The fourth-order valence-corrected chi connectivity index (χ4v) is 2.79. The number of aliphatic hydroxyl groups excluding tert-OH is 1. The first-order valence-electron chi connectivity index (χ1n) is 8.66. The van der Waals surface area contributed by atoms with E-state index in [0.29, 0.717) is 11.3 Å². The van der Waals surface area contributed by atoms with Crippen molar-refractivity contribution in [1.82, 2.24) is 10.3 Å². The summed E-state index contributed by atoms with van der Waals surface area (Å²) in [6, 6.07) is 11.9. The number of nitrogens with zero attached hydrogens (tertiary/aromatic N) is 1. The van der Waals surface area contributed by atoms with Crippen LogP contribution in [0, 0.1) is 0 Å². The Balaban J connectivity index is 1.57. The van der Waals surface area contributed by atoms with Gasteiger partial charge in [0.2, 0.25) is 5.91 Å². The molecular weight excluding hydrogens is 346 g/mol. The molecule has 0 unspecified atom stereocenters. The van der Waals surface area contributed by atoms with Crippen LogP contribution in [-0.4, -0.2) is 46.8 Å². The van der Waals surface area contributed by atoms with E-state index in [1.807, 2.05) is 18.2 Å². The van der Waals surface area contributed by atoms with Crippen molar-refractivity contribution in [1.29, 1.82) is 0 Å². The van der Waals surface area contributed by atoms with Gasteiger partial charge in [0, 0.05) is 23.6 Å². The van der Waals surface area contributed by atoms with Gasteiger partial charge in [-0.25, -0.2) is 0 Å². The van der Waals surface area contributed by atoms with Gasteiger partial charge < -0.3 is 20.5 Å². The molecule has 2 heterocycles.